The average molecular weight is 715 g/mol. The Bertz CT molecular complexity index is 1670. The second kappa shape index (κ2) is 20.2. The number of anilines is 1. The minimum absolute atomic E-state index is 0.124. The number of H-pyrrole nitrogens is 1. The van der Waals surface area contributed by atoms with E-state index >= 15 is 0 Å². The highest BCUT2D eigenvalue weighted by Crippen LogP contribution is 2.35. The molecule has 14 nitrogen and oxygen atoms in total. The van der Waals surface area contributed by atoms with Crippen LogP contribution in [0.5, 0.6) is 5.75 Å². The number of aromatic amines is 1. The summed E-state index contributed by atoms with van der Waals surface area (Å²) in [4.78, 5) is 43.7. The van der Waals surface area contributed by atoms with Gasteiger partial charge >= 0.3 is 0 Å². The second-order valence-corrected chi connectivity index (χ2v) is 11.3. The molecule has 9 N–H and O–H groups in total. The third-order valence-corrected chi connectivity index (χ3v) is 7.46. The molecule has 2 aliphatic rings. The number of nitrogens with one attached hydrogen (secondary N) is 4. The van der Waals surface area contributed by atoms with Crippen molar-refractivity contribution in [2.75, 3.05) is 25.5 Å². The molecule has 5 rings (SSSR count). The highest BCUT2D eigenvalue weighted by molar-refractivity contribution is 6.30. The molecule has 0 unspecified atom stereocenters. The second-order valence-electron chi connectivity index (χ2n) is 10.9. The van der Waals surface area contributed by atoms with E-state index in [9.17, 15) is 28.7 Å². The molecule has 50 heavy (non-hydrogen) atoms. The van der Waals surface area contributed by atoms with E-state index in [2.05, 4.69) is 49.7 Å². The molecule has 0 radical (unpaired) electrons. The number of aromatic hydroxyl groups is 1. The van der Waals surface area contributed by atoms with Gasteiger partial charge < -0.3 is 41.6 Å². The van der Waals surface area contributed by atoms with E-state index in [4.69, 9.17) is 22.2 Å². The standard InChI is InChI=1S/C27H29ClN8O2.C4H5F2NO.CH5N.CH2O/c1-16-4-2-3-5-22(34-25(38)11-6-17-12-18(28)7-10-21(17)31-15-32-30)27-35-24(14-29)26(36-27)20-9-8-19(37)13-23(20)33-16;5-4(6)1-7(2-4)3-8;2*1-2/h6-13,15-16,22,33,37H,2-5,30H2,1H3,(H,31,32)(H,34,38)(H,35,36);3H,1-2H2;2H2,1H3;1H2/b11-6+;;;/t16-,22-;;;/m0.../s1. The van der Waals surface area contributed by atoms with Gasteiger partial charge in [0.15, 0.2) is 5.69 Å². The Morgan fingerprint density at radius 2 is 1.92 bits per heavy atom. The zero-order valence-corrected chi connectivity index (χ0v) is 28.4. The van der Waals surface area contributed by atoms with Gasteiger partial charge in [-0.25, -0.2) is 24.6 Å². The van der Waals surface area contributed by atoms with E-state index in [1.165, 1.54) is 19.5 Å². The van der Waals surface area contributed by atoms with Crippen molar-refractivity contribution in [2.24, 2.45) is 16.6 Å². The van der Waals surface area contributed by atoms with Crippen molar-refractivity contribution in [2.45, 2.75) is 50.6 Å². The van der Waals surface area contributed by atoms with Crippen molar-refractivity contribution in [3.05, 3.63) is 64.6 Å². The summed E-state index contributed by atoms with van der Waals surface area (Å²) in [5.41, 5.74) is 10.3. The smallest absolute Gasteiger partial charge is 0.282 e. The summed E-state index contributed by atoms with van der Waals surface area (Å²) in [6, 6.07) is 11.9. The number of amides is 2. The Kier molecular flexibility index (Phi) is 16.5. The van der Waals surface area contributed by atoms with Crippen molar-refractivity contribution in [1.82, 2.24) is 25.6 Å². The Labute approximate surface area is 293 Å². The fraction of sp³-hybridized carbons (Fsp3) is 0.333. The number of halogens is 3. The van der Waals surface area contributed by atoms with Crippen molar-refractivity contribution >= 4 is 54.5 Å². The number of nitrogens with zero attached hydrogens (tertiary/aromatic N) is 4. The van der Waals surface area contributed by atoms with E-state index in [1.807, 2.05) is 6.79 Å². The summed E-state index contributed by atoms with van der Waals surface area (Å²) >= 11 is 6.13. The van der Waals surface area contributed by atoms with Gasteiger partial charge in [0.05, 0.1) is 30.5 Å². The first-order chi connectivity index (χ1) is 24.0. The molecule has 2 aliphatic heterocycles. The lowest BCUT2D eigenvalue weighted by Crippen LogP contribution is -2.55. The molecule has 0 spiro atoms. The van der Waals surface area contributed by atoms with Crippen LogP contribution in [0, 0.1) is 11.3 Å². The molecule has 1 fully saturated rings. The van der Waals surface area contributed by atoms with Crippen molar-refractivity contribution in [1.29, 1.82) is 5.26 Å². The van der Waals surface area contributed by atoms with Crippen LogP contribution in [-0.2, 0) is 14.4 Å². The van der Waals surface area contributed by atoms with E-state index in [0.29, 0.717) is 46.3 Å². The molecule has 0 saturated carbocycles. The van der Waals surface area contributed by atoms with Gasteiger partial charge in [-0.05, 0) is 63.2 Å². The van der Waals surface area contributed by atoms with Gasteiger partial charge in [-0.2, -0.15) is 5.26 Å². The van der Waals surface area contributed by atoms with Crippen LogP contribution < -0.4 is 27.6 Å². The lowest BCUT2D eigenvalue weighted by molar-refractivity contribution is -0.153. The Hall–Kier alpha value is -5.37. The zero-order valence-electron chi connectivity index (χ0n) is 27.6. The molecule has 17 heteroatoms. The van der Waals surface area contributed by atoms with Crippen molar-refractivity contribution in [3.63, 3.8) is 0 Å². The monoisotopic (exact) mass is 714 g/mol. The number of rotatable bonds is 6. The van der Waals surface area contributed by atoms with Gasteiger partial charge in [0, 0.05) is 40.0 Å². The minimum atomic E-state index is -2.61. The minimum Gasteiger partial charge on any atom is -0.508 e. The molecular formula is C33H41ClF2N10O4. The van der Waals surface area contributed by atoms with Crippen molar-refractivity contribution < 1.29 is 28.3 Å². The largest absolute Gasteiger partial charge is 0.508 e. The number of imidazole rings is 1. The fourth-order valence-corrected chi connectivity index (χ4v) is 5.19. The number of hydrogen-bond acceptors (Lipinski definition) is 10. The van der Waals surface area contributed by atoms with Gasteiger partial charge in [-0.1, -0.05) is 24.4 Å². The number of hydrogen-bond donors (Lipinski definition) is 7. The topological polar surface area (TPSA) is 228 Å². The number of phenolic OH excluding ortho intramolecular Hbond substituents is 1. The molecule has 1 aromatic heterocycles. The average Bonchev–Trinajstić information content (AvgIpc) is 3.53. The zero-order chi connectivity index (χ0) is 37.3. The maximum Gasteiger partial charge on any atom is 0.282 e. The molecule has 0 aliphatic carbocycles. The van der Waals surface area contributed by atoms with Crippen LogP contribution >= 0.6 is 11.6 Å². The van der Waals surface area contributed by atoms with Crippen LogP contribution in [0.1, 0.15) is 55.7 Å². The number of hydrazine groups is 1. The number of nitriles is 1. The number of fused-ring (bicyclic) bond motifs is 4. The number of alkyl halides is 2. The van der Waals surface area contributed by atoms with Crippen molar-refractivity contribution in [3.8, 4) is 23.1 Å². The van der Waals surface area contributed by atoms with Gasteiger partial charge in [0.1, 0.15) is 30.8 Å². The first kappa shape index (κ1) is 40.8. The fourth-order valence-electron chi connectivity index (χ4n) is 5.01. The number of nitrogens with two attached hydrogens (primary N) is 2. The quantitative estimate of drug-likeness (QED) is 0.0482. The number of phenols is 1. The van der Waals surface area contributed by atoms with E-state index < -0.39 is 25.1 Å². The number of carbonyl (C=O) groups excluding carboxylic acids is 3. The maximum atomic E-state index is 13.0. The molecule has 3 heterocycles. The highest BCUT2D eigenvalue weighted by atomic mass is 35.5. The summed E-state index contributed by atoms with van der Waals surface area (Å²) in [6.45, 7) is 3.26. The van der Waals surface area contributed by atoms with E-state index in [0.717, 1.165) is 29.7 Å². The van der Waals surface area contributed by atoms with Crippen LogP contribution in [0.2, 0.25) is 5.02 Å². The lowest BCUT2D eigenvalue weighted by atomic mass is 10.0. The summed E-state index contributed by atoms with van der Waals surface area (Å²) in [5, 5.41) is 26.8. The summed E-state index contributed by atoms with van der Waals surface area (Å²) in [6.07, 6.45) is 8.10. The molecule has 2 bridgehead atoms. The lowest BCUT2D eigenvalue weighted by Gasteiger charge is -2.35. The summed E-state index contributed by atoms with van der Waals surface area (Å²) in [7, 11) is 1.50. The normalized spacial score (nSPS) is 17.5. The molecule has 1 saturated heterocycles. The van der Waals surface area contributed by atoms with Gasteiger partial charge in [-0.3, -0.25) is 9.59 Å². The number of aliphatic imine (C=N–C) groups is 1. The Morgan fingerprint density at radius 3 is 2.54 bits per heavy atom. The predicted octanol–water partition coefficient (Wildman–Crippen LogP) is 4.16. The van der Waals surface area contributed by atoms with E-state index in [-0.39, 0.29) is 23.4 Å². The van der Waals surface area contributed by atoms with Gasteiger partial charge in [0.2, 0.25) is 12.3 Å². The molecule has 2 amide bonds. The Morgan fingerprint density at radius 1 is 1.22 bits per heavy atom. The number of carbonyl (C=O) groups is 3. The molecule has 268 valence electrons. The number of benzene rings is 2. The predicted molar refractivity (Wildman–Crippen MR) is 189 cm³/mol. The van der Waals surface area contributed by atoms with Crippen LogP contribution in [0.25, 0.3) is 17.3 Å². The Balaban J connectivity index is 0.000000620. The SMILES string of the molecule is C=O.CN.C[C@H]1CCCC[C@H](NC(=O)/C=C/c2cc(Cl)ccc2N=CNN)c2nc(C#N)c([nH]2)-c2ccc(O)cc2N1.O=CN1CC(F)(F)C1. The molecular weight excluding hydrogens is 674 g/mol. The number of aromatic nitrogens is 2. The van der Waals surface area contributed by atoms with Crippen LogP contribution in [0.4, 0.5) is 20.2 Å². The highest BCUT2D eigenvalue weighted by Gasteiger charge is 2.43. The van der Waals surface area contributed by atoms with Crippen LogP contribution in [0.3, 0.4) is 0 Å². The summed E-state index contributed by atoms with van der Waals surface area (Å²) < 4.78 is 23.5. The molecule has 3 aromatic rings. The van der Waals surface area contributed by atoms with Crippen LogP contribution in [0.15, 0.2) is 47.5 Å². The van der Waals surface area contributed by atoms with Gasteiger partial charge in [-0.15, -0.1) is 0 Å². The summed E-state index contributed by atoms with van der Waals surface area (Å²) in [5.74, 6) is 2.95. The first-order valence-corrected chi connectivity index (χ1v) is 15.7. The maximum absolute atomic E-state index is 13.0. The third kappa shape index (κ3) is 11.9. The first-order valence-electron chi connectivity index (χ1n) is 15.3. The number of likely N-dealkylation sites (tertiary alicyclic amines) is 1. The van der Waals surface area contributed by atoms with Crippen LogP contribution in [-0.4, -0.2) is 77.5 Å². The van der Waals surface area contributed by atoms with E-state index in [1.54, 1.807) is 42.5 Å². The third-order valence-electron chi connectivity index (χ3n) is 7.23. The molecule has 2 aromatic carbocycles. The van der Waals surface area contributed by atoms with Gasteiger partial charge in [0.25, 0.3) is 5.92 Å². The molecule has 2 atom stereocenters.